The Balaban J connectivity index is 1.72. The van der Waals surface area contributed by atoms with Gasteiger partial charge in [0, 0.05) is 48.1 Å². The molecule has 0 unspecified atom stereocenters. The molecule has 0 radical (unpaired) electrons. The van der Waals surface area contributed by atoms with Crippen LogP contribution in [0.2, 0.25) is 5.02 Å². The highest BCUT2D eigenvalue weighted by Gasteiger charge is 2.19. The van der Waals surface area contributed by atoms with Gasteiger partial charge in [0.2, 0.25) is 5.91 Å². The van der Waals surface area contributed by atoms with E-state index < -0.39 is 5.97 Å². The number of carbonyl (C=O) groups is 2. The summed E-state index contributed by atoms with van der Waals surface area (Å²) in [6, 6.07) is 20.1. The smallest absolute Gasteiger partial charge is 0.303 e. The minimum atomic E-state index is -0.850. The summed E-state index contributed by atoms with van der Waals surface area (Å²) in [7, 11) is 5.62. The molecule has 0 fully saturated rings. The number of halogens is 1. The molecule has 8 nitrogen and oxygen atoms in total. The Hall–Kier alpha value is -4.14. The minimum Gasteiger partial charge on any atom is -0.494 e. The first-order valence-electron chi connectivity index (χ1n) is 12.5. The summed E-state index contributed by atoms with van der Waals surface area (Å²) < 4.78 is 0. The number of aliphatic carboxylic acids is 1. The van der Waals surface area contributed by atoms with E-state index in [4.69, 9.17) is 21.7 Å². The van der Waals surface area contributed by atoms with Crippen LogP contribution in [0.1, 0.15) is 29.5 Å². The van der Waals surface area contributed by atoms with Gasteiger partial charge in [0.05, 0.1) is 22.5 Å². The molecule has 202 valence electrons. The van der Waals surface area contributed by atoms with Crippen molar-refractivity contribution >= 4 is 51.5 Å². The summed E-state index contributed by atoms with van der Waals surface area (Å²) in [6.45, 7) is 0.670. The van der Waals surface area contributed by atoms with E-state index in [0.29, 0.717) is 46.9 Å². The summed E-state index contributed by atoms with van der Waals surface area (Å²) in [5, 5.41) is 21.2. The van der Waals surface area contributed by atoms with Gasteiger partial charge in [0.1, 0.15) is 0 Å². The van der Waals surface area contributed by atoms with Gasteiger partial charge in [-0.15, -0.1) is 0 Å². The highest BCUT2D eigenvalue weighted by molar-refractivity contribution is 6.31. The lowest BCUT2D eigenvalue weighted by Gasteiger charge is -2.19. The third-order valence-electron chi connectivity index (χ3n) is 6.46. The Morgan fingerprint density at radius 1 is 0.949 bits per heavy atom. The van der Waals surface area contributed by atoms with E-state index in [9.17, 15) is 14.7 Å². The van der Waals surface area contributed by atoms with E-state index in [1.807, 2.05) is 73.6 Å². The van der Waals surface area contributed by atoms with E-state index in [0.717, 1.165) is 22.2 Å². The number of aromatic hydroxyl groups is 1. The third-order valence-corrected chi connectivity index (χ3v) is 6.69. The van der Waals surface area contributed by atoms with Crippen molar-refractivity contribution in [2.45, 2.75) is 19.3 Å². The Morgan fingerprint density at radius 3 is 2.28 bits per heavy atom. The van der Waals surface area contributed by atoms with Crippen LogP contribution in [0, 0.1) is 0 Å². The SMILES string of the molecule is CN(C)CCC(=O)N(C)c1ccc(N=C(c2ccc(CCC(=O)O)cc2)c2c(O)[nH]c3cc(Cl)ccc23)cc1. The fraction of sp³-hybridized carbons (Fsp3) is 0.233. The second-order valence-corrected chi connectivity index (χ2v) is 10.0. The van der Waals surface area contributed by atoms with Crippen molar-refractivity contribution in [2.75, 3.05) is 32.6 Å². The molecule has 3 aromatic carbocycles. The molecule has 0 aliphatic carbocycles. The Kier molecular flexibility index (Phi) is 8.69. The Bertz CT molecular complexity index is 1510. The molecule has 4 rings (SSSR count). The van der Waals surface area contributed by atoms with Crippen LogP contribution in [-0.2, 0) is 16.0 Å². The summed E-state index contributed by atoms with van der Waals surface area (Å²) >= 11 is 6.17. The van der Waals surface area contributed by atoms with Gasteiger partial charge in [-0.3, -0.25) is 9.59 Å². The molecule has 39 heavy (non-hydrogen) atoms. The monoisotopic (exact) mass is 546 g/mol. The zero-order valence-corrected chi connectivity index (χ0v) is 22.9. The van der Waals surface area contributed by atoms with Gasteiger partial charge in [-0.1, -0.05) is 41.9 Å². The third kappa shape index (κ3) is 6.85. The number of nitrogens with one attached hydrogen (secondary N) is 1. The van der Waals surface area contributed by atoms with Gasteiger partial charge in [-0.05, 0) is 62.5 Å². The molecule has 1 amide bonds. The van der Waals surface area contributed by atoms with Crippen LogP contribution in [0.25, 0.3) is 10.9 Å². The molecule has 3 N–H and O–H groups in total. The average molecular weight is 547 g/mol. The fourth-order valence-corrected chi connectivity index (χ4v) is 4.42. The molecule has 0 bridgehead atoms. The lowest BCUT2D eigenvalue weighted by Crippen LogP contribution is -2.29. The van der Waals surface area contributed by atoms with Crippen molar-refractivity contribution in [1.29, 1.82) is 0 Å². The van der Waals surface area contributed by atoms with Gasteiger partial charge in [-0.25, -0.2) is 4.99 Å². The molecule has 0 spiro atoms. The van der Waals surface area contributed by atoms with E-state index in [-0.39, 0.29) is 18.2 Å². The quantitative estimate of drug-likeness (QED) is 0.223. The maximum atomic E-state index is 12.5. The van der Waals surface area contributed by atoms with Gasteiger partial charge < -0.3 is 25.0 Å². The number of anilines is 1. The summed E-state index contributed by atoms with van der Waals surface area (Å²) in [5.41, 5.74) is 4.78. The van der Waals surface area contributed by atoms with Crippen LogP contribution in [0.4, 0.5) is 11.4 Å². The van der Waals surface area contributed by atoms with Crippen molar-refractivity contribution in [3.05, 3.63) is 88.4 Å². The zero-order chi connectivity index (χ0) is 28.1. The molecule has 0 saturated heterocycles. The van der Waals surface area contributed by atoms with E-state index in [2.05, 4.69) is 4.98 Å². The molecule has 0 aliphatic heterocycles. The molecule has 1 heterocycles. The number of amides is 1. The first kappa shape index (κ1) is 27.9. The second-order valence-electron chi connectivity index (χ2n) is 9.61. The van der Waals surface area contributed by atoms with Crippen LogP contribution in [0.3, 0.4) is 0 Å². The Labute approximate surface area is 232 Å². The maximum absolute atomic E-state index is 12.5. The molecule has 0 aliphatic rings. The van der Waals surface area contributed by atoms with Gasteiger partial charge in [0.15, 0.2) is 5.88 Å². The predicted octanol–water partition coefficient (Wildman–Crippen LogP) is 5.63. The number of benzene rings is 3. The van der Waals surface area contributed by atoms with E-state index in [1.165, 1.54) is 0 Å². The number of nitrogens with zero attached hydrogens (tertiary/aromatic N) is 3. The number of aliphatic imine (C=N–C) groups is 1. The van der Waals surface area contributed by atoms with Crippen molar-refractivity contribution in [1.82, 2.24) is 9.88 Å². The summed E-state index contributed by atoms with van der Waals surface area (Å²) in [5.74, 6) is -0.869. The highest BCUT2D eigenvalue weighted by Crippen LogP contribution is 2.33. The highest BCUT2D eigenvalue weighted by atomic mass is 35.5. The van der Waals surface area contributed by atoms with Crippen LogP contribution in [0.15, 0.2) is 71.7 Å². The molecular weight excluding hydrogens is 516 g/mol. The number of aromatic amines is 1. The molecule has 9 heteroatoms. The number of rotatable bonds is 10. The van der Waals surface area contributed by atoms with Crippen molar-refractivity contribution in [3.63, 3.8) is 0 Å². The van der Waals surface area contributed by atoms with Crippen LogP contribution in [0.5, 0.6) is 5.88 Å². The predicted molar refractivity (Wildman–Crippen MR) is 156 cm³/mol. The fourth-order valence-electron chi connectivity index (χ4n) is 4.25. The zero-order valence-electron chi connectivity index (χ0n) is 22.1. The summed E-state index contributed by atoms with van der Waals surface area (Å²) in [6.07, 6.45) is 0.879. The van der Waals surface area contributed by atoms with Gasteiger partial charge >= 0.3 is 5.97 Å². The van der Waals surface area contributed by atoms with Crippen LogP contribution < -0.4 is 4.90 Å². The number of hydrogen-bond donors (Lipinski definition) is 3. The van der Waals surface area contributed by atoms with Crippen molar-refractivity contribution in [3.8, 4) is 5.88 Å². The number of hydrogen-bond acceptors (Lipinski definition) is 5. The molecule has 1 aromatic heterocycles. The largest absolute Gasteiger partial charge is 0.494 e. The molecule has 4 aromatic rings. The van der Waals surface area contributed by atoms with Crippen molar-refractivity contribution in [2.24, 2.45) is 4.99 Å². The minimum absolute atomic E-state index is 0.0194. The molecule has 0 saturated carbocycles. The number of carboxylic acid groups (broad SMARTS) is 1. The number of carboxylic acids is 1. The van der Waals surface area contributed by atoms with E-state index in [1.54, 1.807) is 24.1 Å². The molecular formula is C30H31ClN4O4. The first-order valence-corrected chi connectivity index (χ1v) is 12.9. The van der Waals surface area contributed by atoms with E-state index >= 15 is 0 Å². The average Bonchev–Trinajstić information content (AvgIpc) is 3.23. The number of carbonyl (C=O) groups excluding carboxylic acids is 1. The first-order chi connectivity index (χ1) is 18.6. The second kappa shape index (κ2) is 12.1. The van der Waals surface area contributed by atoms with Crippen LogP contribution >= 0.6 is 11.6 Å². The van der Waals surface area contributed by atoms with Gasteiger partial charge in [-0.2, -0.15) is 0 Å². The number of aryl methyl sites for hydroxylation is 1. The lowest BCUT2D eigenvalue weighted by atomic mass is 9.98. The standard InChI is InChI=1S/C30H31ClN4O4/c1-34(2)17-16-26(36)35(3)23-12-10-22(11-13-23)32-29(20-7-4-19(5-8-20)6-15-27(37)38)28-24-14-9-21(31)18-25(24)33-30(28)39/h4-5,7-14,18,33,39H,6,15-17H2,1-3H3,(H,37,38). The Morgan fingerprint density at radius 2 is 1.64 bits per heavy atom. The number of H-pyrrole nitrogens is 1. The molecule has 0 atom stereocenters. The van der Waals surface area contributed by atoms with Gasteiger partial charge in [0.25, 0.3) is 0 Å². The summed E-state index contributed by atoms with van der Waals surface area (Å²) in [4.78, 5) is 35.0. The number of fused-ring (bicyclic) bond motifs is 1. The normalized spacial score (nSPS) is 11.8. The number of aromatic nitrogens is 1. The lowest BCUT2D eigenvalue weighted by molar-refractivity contribution is -0.137. The van der Waals surface area contributed by atoms with Crippen LogP contribution in [-0.4, -0.2) is 65.4 Å². The topological polar surface area (TPSA) is 109 Å². The van der Waals surface area contributed by atoms with Crippen molar-refractivity contribution < 1.29 is 19.8 Å². The maximum Gasteiger partial charge on any atom is 0.303 e.